The third kappa shape index (κ3) is 0.744. The van der Waals surface area contributed by atoms with Crippen molar-refractivity contribution in [2.24, 2.45) is 11.3 Å². The molecule has 2 aliphatic carbocycles. The van der Waals surface area contributed by atoms with E-state index in [0.717, 1.165) is 11.3 Å². The van der Waals surface area contributed by atoms with E-state index in [2.05, 4.69) is 19.1 Å². The molecule has 56 valence electrons. The Morgan fingerprint density at radius 1 is 1.30 bits per heavy atom. The topological polar surface area (TPSA) is 0 Å². The van der Waals surface area contributed by atoms with E-state index >= 15 is 0 Å². The fourth-order valence-electron chi connectivity index (χ4n) is 2.64. The van der Waals surface area contributed by atoms with Crippen LogP contribution in [0.1, 0.15) is 39.0 Å². The minimum atomic E-state index is 0.736. The monoisotopic (exact) mass is 136 g/mol. The van der Waals surface area contributed by atoms with Crippen LogP contribution in [0.15, 0.2) is 12.2 Å². The first kappa shape index (κ1) is 6.45. The van der Waals surface area contributed by atoms with Crippen LogP contribution in [0.2, 0.25) is 0 Å². The van der Waals surface area contributed by atoms with Crippen LogP contribution in [-0.2, 0) is 0 Å². The van der Waals surface area contributed by atoms with Gasteiger partial charge in [0.1, 0.15) is 0 Å². The van der Waals surface area contributed by atoms with Crippen LogP contribution in [0.5, 0.6) is 0 Å². The molecule has 0 bridgehead atoms. The van der Waals surface area contributed by atoms with E-state index < -0.39 is 0 Å². The predicted molar refractivity (Wildman–Crippen MR) is 43.8 cm³/mol. The maximum atomic E-state index is 2.41. The molecule has 0 aromatic heterocycles. The highest BCUT2D eigenvalue weighted by atomic mass is 14.4. The Morgan fingerprint density at radius 2 is 2.00 bits per heavy atom. The quantitative estimate of drug-likeness (QED) is 0.449. The summed E-state index contributed by atoms with van der Waals surface area (Å²) in [5, 5.41) is 0. The Kier molecular flexibility index (Phi) is 1.36. The Morgan fingerprint density at radius 3 is 2.50 bits per heavy atom. The Labute approximate surface area is 63.3 Å². The Hall–Kier alpha value is -0.260. The highest BCUT2D eigenvalue weighted by Crippen LogP contribution is 2.50. The fraction of sp³-hybridized carbons (Fsp3) is 0.800. The third-order valence-electron chi connectivity index (χ3n) is 3.51. The lowest BCUT2D eigenvalue weighted by molar-refractivity contribution is 0.243. The van der Waals surface area contributed by atoms with Gasteiger partial charge in [-0.25, -0.2) is 0 Å². The average Bonchev–Trinajstić information content (AvgIpc) is 2.48. The summed E-state index contributed by atoms with van der Waals surface area (Å²) in [7, 11) is 0. The van der Waals surface area contributed by atoms with Gasteiger partial charge in [-0.15, -0.1) is 0 Å². The van der Waals surface area contributed by atoms with Crippen molar-refractivity contribution in [3.8, 4) is 0 Å². The van der Waals surface area contributed by atoms with E-state index in [9.17, 15) is 0 Å². The zero-order valence-electron chi connectivity index (χ0n) is 6.77. The summed E-state index contributed by atoms with van der Waals surface area (Å²) in [5.41, 5.74) is 0.736. The first-order valence-electron chi connectivity index (χ1n) is 4.50. The van der Waals surface area contributed by atoms with E-state index in [1.54, 1.807) is 0 Å². The number of hydrogen-bond acceptors (Lipinski definition) is 0. The molecule has 1 spiro atoms. The van der Waals surface area contributed by atoms with Crippen LogP contribution >= 0.6 is 0 Å². The highest BCUT2D eigenvalue weighted by Gasteiger charge is 2.39. The molecule has 0 saturated heterocycles. The Bertz CT molecular complexity index is 149. The molecule has 10 heavy (non-hydrogen) atoms. The maximum Gasteiger partial charge on any atom is -0.0202 e. The van der Waals surface area contributed by atoms with Gasteiger partial charge in [-0.2, -0.15) is 0 Å². The van der Waals surface area contributed by atoms with Crippen molar-refractivity contribution >= 4 is 0 Å². The van der Waals surface area contributed by atoms with E-state index in [0.29, 0.717) is 0 Å². The smallest absolute Gasteiger partial charge is 0.0202 e. The zero-order chi connectivity index (χ0) is 7.03. The van der Waals surface area contributed by atoms with Crippen LogP contribution in [0.25, 0.3) is 0 Å². The first-order chi connectivity index (χ1) is 4.83. The van der Waals surface area contributed by atoms with Gasteiger partial charge in [0.25, 0.3) is 0 Å². The summed E-state index contributed by atoms with van der Waals surface area (Å²) < 4.78 is 0. The van der Waals surface area contributed by atoms with E-state index in [1.807, 2.05) is 0 Å². The van der Waals surface area contributed by atoms with Crippen LogP contribution in [0, 0.1) is 11.3 Å². The normalized spacial score (nSPS) is 35.9. The van der Waals surface area contributed by atoms with Crippen LogP contribution in [0.3, 0.4) is 0 Å². The molecule has 0 radical (unpaired) electrons. The summed E-state index contributed by atoms with van der Waals surface area (Å²) in [6.07, 6.45) is 12.1. The number of hydrogen-bond donors (Lipinski definition) is 0. The van der Waals surface area contributed by atoms with Gasteiger partial charge < -0.3 is 0 Å². The van der Waals surface area contributed by atoms with Gasteiger partial charge in [-0.3, -0.25) is 0 Å². The van der Waals surface area contributed by atoms with Crippen molar-refractivity contribution < 1.29 is 0 Å². The molecule has 2 rings (SSSR count). The van der Waals surface area contributed by atoms with Gasteiger partial charge in [-0.1, -0.05) is 31.9 Å². The van der Waals surface area contributed by atoms with Crippen LogP contribution in [0.4, 0.5) is 0 Å². The second kappa shape index (κ2) is 2.11. The van der Waals surface area contributed by atoms with Gasteiger partial charge in [0, 0.05) is 0 Å². The summed E-state index contributed by atoms with van der Waals surface area (Å²) in [5.74, 6) is 0.870. The predicted octanol–water partition coefficient (Wildman–Crippen LogP) is 3.14. The minimum absolute atomic E-state index is 0.736. The lowest BCUT2D eigenvalue weighted by atomic mass is 9.77. The van der Waals surface area contributed by atoms with Crippen molar-refractivity contribution in [1.29, 1.82) is 0 Å². The average molecular weight is 136 g/mol. The number of allylic oxidation sites excluding steroid dienone is 2. The summed E-state index contributed by atoms with van der Waals surface area (Å²) in [4.78, 5) is 0. The molecule has 1 unspecified atom stereocenters. The fourth-order valence-corrected chi connectivity index (χ4v) is 2.64. The molecular weight excluding hydrogens is 120 g/mol. The molecular formula is C10H16. The lowest BCUT2D eigenvalue weighted by Crippen LogP contribution is -2.19. The molecule has 2 aliphatic rings. The van der Waals surface area contributed by atoms with E-state index in [4.69, 9.17) is 0 Å². The molecule has 0 amide bonds. The molecule has 0 heteroatoms. The van der Waals surface area contributed by atoms with Crippen molar-refractivity contribution in [2.45, 2.75) is 39.0 Å². The van der Waals surface area contributed by atoms with Crippen molar-refractivity contribution in [1.82, 2.24) is 0 Å². The molecule has 0 N–H and O–H groups in total. The SMILES string of the molecule is CC1C=CCC12CCCC2. The van der Waals surface area contributed by atoms with Gasteiger partial charge >= 0.3 is 0 Å². The van der Waals surface area contributed by atoms with Crippen LogP contribution < -0.4 is 0 Å². The minimum Gasteiger partial charge on any atom is -0.0877 e. The van der Waals surface area contributed by atoms with Gasteiger partial charge in [0.15, 0.2) is 0 Å². The Balaban J connectivity index is 2.15. The van der Waals surface area contributed by atoms with E-state index in [1.165, 1.54) is 32.1 Å². The zero-order valence-corrected chi connectivity index (χ0v) is 6.77. The maximum absolute atomic E-state index is 2.41. The van der Waals surface area contributed by atoms with Crippen molar-refractivity contribution in [2.75, 3.05) is 0 Å². The second-order valence-corrected chi connectivity index (χ2v) is 3.99. The van der Waals surface area contributed by atoms with Gasteiger partial charge in [0.2, 0.25) is 0 Å². The first-order valence-corrected chi connectivity index (χ1v) is 4.50. The number of rotatable bonds is 0. The summed E-state index contributed by atoms with van der Waals surface area (Å²) >= 11 is 0. The highest BCUT2D eigenvalue weighted by molar-refractivity contribution is 5.08. The largest absolute Gasteiger partial charge is 0.0877 e. The molecule has 0 aliphatic heterocycles. The summed E-state index contributed by atoms with van der Waals surface area (Å²) in [6, 6.07) is 0. The molecule has 0 nitrogen and oxygen atoms in total. The summed E-state index contributed by atoms with van der Waals surface area (Å²) in [6.45, 7) is 2.38. The molecule has 1 saturated carbocycles. The molecule has 0 aromatic carbocycles. The molecule has 0 aromatic rings. The molecule has 1 fully saturated rings. The van der Waals surface area contributed by atoms with Gasteiger partial charge in [-0.05, 0) is 30.6 Å². The van der Waals surface area contributed by atoms with Gasteiger partial charge in [0.05, 0.1) is 0 Å². The standard InChI is InChI=1S/C10H16/c1-9-5-4-8-10(9)6-2-3-7-10/h4-5,9H,2-3,6-8H2,1H3. The third-order valence-corrected chi connectivity index (χ3v) is 3.51. The second-order valence-electron chi connectivity index (χ2n) is 3.99. The lowest BCUT2D eigenvalue weighted by Gasteiger charge is -2.28. The van der Waals surface area contributed by atoms with Crippen LogP contribution in [-0.4, -0.2) is 0 Å². The van der Waals surface area contributed by atoms with Crippen molar-refractivity contribution in [3.05, 3.63) is 12.2 Å². The van der Waals surface area contributed by atoms with Crippen molar-refractivity contribution in [3.63, 3.8) is 0 Å². The molecule has 1 atom stereocenters. The van der Waals surface area contributed by atoms with E-state index in [-0.39, 0.29) is 0 Å². The molecule has 0 heterocycles.